The van der Waals surface area contributed by atoms with Gasteiger partial charge in [0, 0.05) is 52.9 Å². The molecule has 0 saturated heterocycles. The number of hydrogen-bond donors (Lipinski definition) is 2. The summed E-state index contributed by atoms with van der Waals surface area (Å²) in [5.74, 6) is 0.584. The summed E-state index contributed by atoms with van der Waals surface area (Å²) in [4.78, 5) is 13.4. The molecule has 204 valence electrons. The van der Waals surface area contributed by atoms with E-state index < -0.39 is 0 Å². The highest BCUT2D eigenvalue weighted by Crippen LogP contribution is 2.37. The highest BCUT2D eigenvalue weighted by Gasteiger charge is 2.23. The second kappa shape index (κ2) is 10.8. The Morgan fingerprint density at radius 3 is 2.51 bits per heavy atom. The van der Waals surface area contributed by atoms with E-state index in [-0.39, 0.29) is 11.3 Å². The molecule has 0 aliphatic rings. The smallest absolute Gasteiger partial charge is 0.255 e. The average molecular weight is 528 g/mol. The third kappa shape index (κ3) is 5.87. The molecular weight excluding hydrogens is 490 g/mol. The molecular formula is C30H37N7O2. The first-order chi connectivity index (χ1) is 18.4. The Kier molecular flexibility index (Phi) is 7.63. The molecule has 2 aromatic heterocycles. The first kappa shape index (κ1) is 27.6. The fraction of sp³-hybridized carbons (Fsp3) is 0.333. The van der Waals surface area contributed by atoms with Gasteiger partial charge in [0.2, 0.25) is 0 Å². The van der Waals surface area contributed by atoms with Crippen LogP contribution in [0.2, 0.25) is 0 Å². The Balaban J connectivity index is 1.66. The van der Waals surface area contributed by atoms with Crippen LogP contribution in [-0.2, 0) is 19.0 Å². The number of methoxy groups -OCH3 is 1. The number of carbonyl (C=O) groups is 1. The topological polar surface area (TPSA) is 98.9 Å². The summed E-state index contributed by atoms with van der Waals surface area (Å²) in [6, 6.07) is 9.48. The molecule has 0 aliphatic carbocycles. The lowest BCUT2D eigenvalue weighted by molar-refractivity contribution is 0.102. The van der Waals surface area contributed by atoms with Gasteiger partial charge in [-0.3, -0.25) is 9.48 Å². The van der Waals surface area contributed by atoms with Crippen LogP contribution in [0.15, 0.2) is 55.0 Å². The number of aromatic nitrogens is 5. The van der Waals surface area contributed by atoms with Gasteiger partial charge in [-0.05, 0) is 56.0 Å². The maximum Gasteiger partial charge on any atom is 0.255 e. The van der Waals surface area contributed by atoms with Crippen molar-refractivity contribution < 1.29 is 9.53 Å². The van der Waals surface area contributed by atoms with E-state index >= 15 is 0 Å². The third-order valence-corrected chi connectivity index (χ3v) is 6.74. The second-order valence-electron chi connectivity index (χ2n) is 10.9. The van der Waals surface area contributed by atoms with Crippen molar-refractivity contribution in [2.75, 3.05) is 12.4 Å². The lowest BCUT2D eigenvalue weighted by Gasteiger charge is -2.25. The van der Waals surface area contributed by atoms with Crippen molar-refractivity contribution in [3.8, 4) is 22.7 Å². The van der Waals surface area contributed by atoms with Crippen LogP contribution in [0.25, 0.3) is 16.9 Å². The van der Waals surface area contributed by atoms with Crippen LogP contribution in [0.4, 0.5) is 5.69 Å². The molecule has 2 N–H and O–H groups in total. The Hall–Kier alpha value is -4.40. The first-order valence-corrected chi connectivity index (χ1v) is 12.8. The summed E-state index contributed by atoms with van der Waals surface area (Å²) in [6.45, 7) is 16.7. The maximum atomic E-state index is 13.4. The van der Waals surface area contributed by atoms with E-state index in [0.717, 1.165) is 50.8 Å². The SMILES string of the molecule is C=C(C)NCc1cc(NC(=O)c2ccc(C)c(-n3cc(-c4cnn(C)c4C)nn3)c2)cc(C(C)(C)C)c1OC. The zero-order valence-corrected chi connectivity index (χ0v) is 24.0. The third-order valence-electron chi connectivity index (χ3n) is 6.74. The maximum absolute atomic E-state index is 13.4. The number of nitrogens with zero attached hydrogens (tertiary/aromatic N) is 5. The molecule has 0 fully saturated rings. The van der Waals surface area contributed by atoms with Crippen LogP contribution in [-0.4, -0.2) is 37.8 Å². The molecule has 9 nitrogen and oxygen atoms in total. The quantitative estimate of drug-likeness (QED) is 0.315. The fourth-order valence-electron chi connectivity index (χ4n) is 4.39. The number of benzene rings is 2. The van der Waals surface area contributed by atoms with Gasteiger partial charge in [-0.25, -0.2) is 4.68 Å². The van der Waals surface area contributed by atoms with Crippen molar-refractivity contribution >= 4 is 11.6 Å². The Morgan fingerprint density at radius 2 is 1.90 bits per heavy atom. The van der Waals surface area contributed by atoms with Gasteiger partial charge in [0.25, 0.3) is 5.91 Å². The zero-order valence-electron chi connectivity index (χ0n) is 24.0. The second-order valence-corrected chi connectivity index (χ2v) is 10.9. The number of amides is 1. The van der Waals surface area contributed by atoms with Crippen molar-refractivity contribution in [2.45, 2.75) is 53.5 Å². The Morgan fingerprint density at radius 1 is 1.15 bits per heavy atom. The predicted octanol–water partition coefficient (Wildman–Crippen LogP) is 5.47. The molecule has 0 aliphatic heterocycles. The summed E-state index contributed by atoms with van der Waals surface area (Å²) < 4.78 is 9.29. The number of aryl methyl sites for hydroxylation is 2. The molecule has 0 atom stereocenters. The predicted molar refractivity (Wildman–Crippen MR) is 154 cm³/mol. The summed E-state index contributed by atoms with van der Waals surface area (Å²) in [7, 11) is 3.56. The molecule has 4 rings (SSSR count). The largest absolute Gasteiger partial charge is 0.496 e. The van der Waals surface area contributed by atoms with E-state index in [2.05, 4.69) is 53.4 Å². The molecule has 39 heavy (non-hydrogen) atoms. The van der Waals surface area contributed by atoms with Gasteiger partial charge in [-0.2, -0.15) is 5.10 Å². The van der Waals surface area contributed by atoms with Crippen molar-refractivity contribution in [1.29, 1.82) is 0 Å². The van der Waals surface area contributed by atoms with Crippen molar-refractivity contribution in [3.05, 3.63) is 82.9 Å². The minimum absolute atomic E-state index is 0.196. The van der Waals surface area contributed by atoms with Gasteiger partial charge < -0.3 is 15.4 Å². The molecule has 0 spiro atoms. The number of allylic oxidation sites excluding steroid dienone is 1. The number of anilines is 1. The van der Waals surface area contributed by atoms with E-state index in [0.29, 0.717) is 17.8 Å². The first-order valence-electron chi connectivity index (χ1n) is 12.8. The molecule has 2 heterocycles. The number of rotatable bonds is 8. The van der Waals surface area contributed by atoms with Crippen LogP contribution < -0.4 is 15.4 Å². The normalized spacial score (nSPS) is 11.4. The van der Waals surface area contributed by atoms with E-state index in [1.807, 2.05) is 64.3 Å². The summed E-state index contributed by atoms with van der Waals surface area (Å²) in [5.41, 5.74) is 8.20. The van der Waals surface area contributed by atoms with Gasteiger partial charge in [-0.1, -0.05) is 38.6 Å². The number of hydrogen-bond acceptors (Lipinski definition) is 6. The summed E-state index contributed by atoms with van der Waals surface area (Å²) >= 11 is 0. The van der Waals surface area contributed by atoms with Gasteiger partial charge in [0.15, 0.2) is 0 Å². The Labute approximate surface area is 229 Å². The number of nitrogens with one attached hydrogen (secondary N) is 2. The molecule has 4 aromatic rings. The summed E-state index contributed by atoms with van der Waals surface area (Å²) in [6.07, 6.45) is 3.63. The Bertz CT molecular complexity index is 1540. The van der Waals surface area contributed by atoms with E-state index in [1.165, 1.54) is 0 Å². The molecule has 1 amide bonds. The minimum atomic E-state index is -0.219. The van der Waals surface area contributed by atoms with Crippen LogP contribution in [0.3, 0.4) is 0 Å². The lowest BCUT2D eigenvalue weighted by Crippen LogP contribution is -2.19. The monoisotopic (exact) mass is 527 g/mol. The molecule has 9 heteroatoms. The molecule has 2 aromatic carbocycles. The van der Waals surface area contributed by atoms with Crippen LogP contribution in [0, 0.1) is 13.8 Å². The lowest BCUT2D eigenvalue weighted by atomic mass is 9.84. The summed E-state index contributed by atoms with van der Waals surface area (Å²) in [5, 5.41) is 19.3. The van der Waals surface area contributed by atoms with Crippen molar-refractivity contribution in [1.82, 2.24) is 30.1 Å². The van der Waals surface area contributed by atoms with E-state index in [4.69, 9.17) is 4.74 Å². The van der Waals surface area contributed by atoms with Crippen molar-refractivity contribution in [3.63, 3.8) is 0 Å². The van der Waals surface area contributed by atoms with Crippen LogP contribution >= 0.6 is 0 Å². The highest BCUT2D eigenvalue weighted by atomic mass is 16.5. The van der Waals surface area contributed by atoms with E-state index in [9.17, 15) is 4.79 Å². The number of ether oxygens (including phenoxy) is 1. The van der Waals surface area contributed by atoms with E-state index in [1.54, 1.807) is 22.7 Å². The average Bonchev–Trinajstić information content (AvgIpc) is 3.48. The number of carbonyl (C=O) groups excluding carboxylic acids is 1. The van der Waals surface area contributed by atoms with Gasteiger partial charge in [0.1, 0.15) is 11.4 Å². The van der Waals surface area contributed by atoms with Gasteiger partial charge in [0.05, 0.1) is 25.2 Å². The van der Waals surface area contributed by atoms with Crippen LogP contribution in [0.1, 0.15) is 60.4 Å². The highest BCUT2D eigenvalue weighted by molar-refractivity contribution is 6.04. The van der Waals surface area contributed by atoms with Gasteiger partial charge >= 0.3 is 0 Å². The molecule has 0 saturated carbocycles. The van der Waals surface area contributed by atoms with Crippen molar-refractivity contribution in [2.24, 2.45) is 7.05 Å². The minimum Gasteiger partial charge on any atom is -0.496 e. The fourth-order valence-corrected chi connectivity index (χ4v) is 4.39. The van der Waals surface area contributed by atoms with Gasteiger partial charge in [-0.15, -0.1) is 5.10 Å². The molecule has 0 bridgehead atoms. The standard InChI is InChI=1S/C30H37N7O2/c1-18(2)31-15-22-12-23(14-25(28(22)39-9)30(5,6)7)33-29(38)21-11-10-19(3)27(13-21)37-17-26(34-35-37)24-16-32-36(8)20(24)4/h10-14,16-17,31H,1,15H2,2-9H3,(H,33,38). The zero-order chi connectivity index (χ0) is 28.5. The molecule has 0 unspecified atom stereocenters. The van der Waals surface area contributed by atoms with Crippen LogP contribution in [0.5, 0.6) is 5.75 Å². The molecule has 0 radical (unpaired) electrons.